The number of hydrogen-bond acceptors (Lipinski definition) is 3. The normalized spacial score (nSPS) is 24.9. The molecule has 2 N–H and O–H groups in total. The lowest BCUT2D eigenvalue weighted by Gasteiger charge is -2.23. The molecule has 1 saturated carbocycles. The Labute approximate surface area is 175 Å². The van der Waals surface area contributed by atoms with Crippen molar-refractivity contribution in [3.8, 4) is 0 Å². The first-order chi connectivity index (χ1) is 13.8. The summed E-state index contributed by atoms with van der Waals surface area (Å²) in [6.07, 6.45) is 22.1. The fraction of sp³-hybridized carbons (Fsp3) is 0.708. The number of aliphatic carboxylic acids is 2. The Morgan fingerprint density at radius 2 is 1.21 bits per heavy atom. The van der Waals surface area contributed by atoms with Crippen molar-refractivity contribution in [2.24, 2.45) is 5.41 Å². The van der Waals surface area contributed by atoms with E-state index < -0.39 is 17.4 Å². The summed E-state index contributed by atoms with van der Waals surface area (Å²) >= 11 is 0. The van der Waals surface area contributed by atoms with Gasteiger partial charge in [0, 0.05) is 18.4 Å². The zero-order valence-corrected chi connectivity index (χ0v) is 18.0. The van der Waals surface area contributed by atoms with E-state index in [-0.39, 0.29) is 12.0 Å². The maximum Gasteiger partial charge on any atom is 0.331 e. The number of carbonyl (C=O) groups excluding carboxylic acids is 1. The van der Waals surface area contributed by atoms with E-state index in [4.69, 9.17) is 10.2 Å². The van der Waals surface area contributed by atoms with E-state index >= 15 is 0 Å². The highest BCUT2D eigenvalue weighted by Gasteiger charge is 2.34. The molecular formula is C24H38O5. The minimum absolute atomic E-state index is 0.0359. The average molecular weight is 407 g/mol. The average Bonchev–Trinajstić information content (AvgIpc) is 2.69. The van der Waals surface area contributed by atoms with Gasteiger partial charge in [-0.3, -0.25) is 9.59 Å². The maximum absolute atomic E-state index is 11.5. The summed E-state index contributed by atoms with van der Waals surface area (Å²) in [5.41, 5.74) is -0.949. The molecular weight excluding hydrogens is 368 g/mol. The van der Waals surface area contributed by atoms with Gasteiger partial charge in [0.05, 0.1) is 5.41 Å². The molecule has 164 valence electrons. The molecule has 0 aromatic rings. The standard InChI is InChI=1S/C15H28O.C9H10O4/c16-15-13-11-9-7-5-3-1-2-4-6-8-10-12-14-15;1-9(8(12)13)4-2-3-6(5-9)7(10)11/h1-14H2;2-4H,5H2,1H3,(H,10,11)(H,12,13). The van der Waals surface area contributed by atoms with E-state index in [0.29, 0.717) is 5.78 Å². The van der Waals surface area contributed by atoms with Crippen molar-refractivity contribution < 1.29 is 24.6 Å². The molecule has 0 aromatic heterocycles. The van der Waals surface area contributed by atoms with E-state index in [1.165, 1.54) is 89.4 Å². The third-order valence-corrected chi connectivity index (χ3v) is 5.74. The summed E-state index contributed by atoms with van der Waals surface area (Å²) in [5.74, 6) is -1.55. The smallest absolute Gasteiger partial charge is 0.331 e. The number of ketones is 1. The summed E-state index contributed by atoms with van der Waals surface area (Å²) in [5, 5.41) is 17.5. The lowest BCUT2D eigenvalue weighted by Crippen LogP contribution is -2.28. The fourth-order valence-corrected chi connectivity index (χ4v) is 3.72. The Hall–Kier alpha value is -1.91. The van der Waals surface area contributed by atoms with Crippen LogP contribution in [0, 0.1) is 5.41 Å². The molecule has 0 aliphatic heterocycles. The maximum atomic E-state index is 11.5. The van der Waals surface area contributed by atoms with Crippen LogP contribution in [0.15, 0.2) is 23.8 Å². The van der Waals surface area contributed by atoms with Gasteiger partial charge in [-0.15, -0.1) is 0 Å². The number of allylic oxidation sites excluding steroid dienone is 2. The predicted octanol–water partition coefficient (Wildman–Crippen LogP) is 6.08. The Kier molecular flexibility index (Phi) is 12.2. The zero-order chi connectivity index (χ0) is 21.5. The molecule has 5 heteroatoms. The van der Waals surface area contributed by atoms with Crippen molar-refractivity contribution in [2.45, 2.75) is 103 Å². The van der Waals surface area contributed by atoms with Crippen LogP contribution in [0.25, 0.3) is 0 Å². The number of carbonyl (C=O) groups is 3. The number of hydrogen-bond donors (Lipinski definition) is 2. The van der Waals surface area contributed by atoms with E-state index in [0.717, 1.165) is 25.7 Å². The lowest BCUT2D eigenvalue weighted by molar-refractivity contribution is -0.145. The molecule has 2 rings (SSSR count). The first kappa shape index (κ1) is 25.1. The molecule has 2 aliphatic carbocycles. The van der Waals surface area contributed by atoms with Crippen LogP contribution >= 0.6 is 0 Å². The van der Waals surface area contributed by atoms with Gasteiger partial charge in [-0.1, -0.05) is 82.4 Å². The van der Waals surface area contributed by atoms with Crippen molar-refractivity contribution in [1.29, 1.82) is 0 Å². The van der Waals surface area contributed by atoms with Gasteiger partial charge in [-0.2, -0.15) is 0 Å². The van der Waals surface area contributed by atoms with Crippen LogP contribution in [0.4, 0.5) is 0 Å². The van der Waals surface area contributed by atoms with Crippen molar-refractivity contribution in [1.82, 2.24) is 0 Å². The highest BCUT2D eigenvalue weighted by Crippen LogP contribution is 2.31. The Bertz CT molecular complexity index is 572. The second-order valence-electron chi connectivity index (χ2n) is 8.54. The van der Waals surface area contributed by atoms with Gasteiger partial charge in [0.1, 0.15) is 5.78 Å². The minimum atomic E-state index is -1.08. The monoisotopic (exact) mass is 406 g/mol. The van der Waals surface area contributed by atoms with Crippen LogP contribution in [0.5, 0.6) is 0 Å². The number of rotatable bonds is 2. The topological polar surface area (TPSA) is 91.7 Å². The highest BCUT2D eigenvalue weighted by molar-refractivity contribution is 5.90. The quantitative estimate of drug-likeness (QED) is 0.580. The van der Waals surface area contributed by atoms with Gasteiger partial charge in [0.25, 0.3) is 0 Å². The van der Waals surface area contributed by atoms with Gasteiger partial charge in [0.2, 0.25) is 0 Å². The van der Waals surface area contributed by atoms with Crippen molar-refractivity contribution in [3.63, 3.8) is 0 Å². The van der Waals surface area contributed by atoms with Gasteiger partial charge in [0.15, 0.2) is 0 Å². The van der Waals surface area contributed by atoms with Crippen molar-refractivity contribution in [3.05, 3.63) is 23.8 Å². The molecule has 2 aliphatic rings. The summed E-state index contributed by atoms with van der Waals surface area (Å²) in [4.78, 5) is 32.9. The highest BCUT2D eigenvalue weighted by atomic mass is 16.4. The Morgan fingerprint density at radius 1 is 0.793 bits per heavy atom. The molecule has 0 radical (unpaired) electrons. The molecule has 1 atom stereocenters. The number of carboxylic acids is 2. The Morgan fingerprint density at radius 3 is 1.59 bits per heavy atom. The summed E-state index contributed by atoms with van der Waals surface area (Å²) in [7, 11) is 0. The lowest BCUT2D eigenvalue weighted by atomic mass is 9.80. The van der Waals surface area contributed by atoms with Gasteiger partial charge >= 0.3 is 11.9 Å². The molecule has 1 fully saturated rings. The van der Waals surface area contributed by atoms with E-state index in [9.17, 15) is 14.4 Å². The molecule has 0 amide bonds. The van der Waals surface area contributed by atoms with Crippen LogP contribution in [-0.4, -0.2) is 27.9 Å². The first-order valence-electron chi connectivity index (χ1n) is 11.2. The SMILES string of the molecule is CC1(C(=O)O)C=CC=C(C(=O)O)C1.O=C1CCCCCCCCCCCCCC1. The van der Waals surface area contributed by atoms with Crippen molar-refractivity contribution in [2.75, 3.05) is 0 Å². The van der Waals surface area contributed by atoms with E-state index in [1.54, 1.807) is 0 Å². The van der Waals surface area contributed by atoms with E-state index in [1.807, 2.05) is 0 Å². The molecule has 29 heavy (non-hydrogen) atoms. The summed E-state index contributed by atoms with van der Waals surface area (Å²) in [6, 6.07) is 0. The number of Topliss-reactive ketones (excluding diaryl/α,β-unsaturated/α-hetero) is 1. The number of carboxylic acid groups (broad SMARTS) is 2. The second kappa shape index (κ2) is 14.1. The third kappa shape index (κ3) is 11.0. The Balaban J connectivity index is 0.000000296. The van der Waals surface area contributed by atoms with Gasteiger partial charge < -0.3 is 10.2 Å². The molecule has 0 aromatic carbocycles. The van der Waals surface area contributed by atoms with Crippen molar-refractivity contribution >= 4 is 17.7 Å². The van der Waals surface area contributed by atoms with E-state index in [2.05, 4.69) is 0 Å². The first-order valence-corrected chi connectivity index (χ1v) is 11.2. The minimum Gasteiger partial charge on any atom is -0.481 e. The third-order valence-electron chi connectivity index (χ3n) is 5.74. The molecule has 5 nitrogen and oxygen atoms in total. The molecule has 0 heterocycles. The van der Waals surface area contributed by atoms with Crippen LogP contribution in [0.3, 0.4) is 0 Å². The zero-order valence-electron chi connectivity index (χ0n) is 18.0. The molecule has 1 unspecified atom stereocenters. The second-order valence-corrected chi connectivity index (χ2v) is 8.54. The van der Waals surface area contributed by atoms with Crippen LogP contribution in [-0.2, 0) is 14.4 Å². The van der Waals surface area contributed by atoms with Crippen LogP contribution < -0.4 is 0 Å². The van der Waals surface area contributed by atoms with Gasteiger partial charge in [-0.05, 0) is 26.2 Å². The molecule has 0 bridgehead atoms. The molecule has 0 saturated heterocycles. The predicted molar refractivity (Wildman–Crippen MR) is 115 cm³/mol. The van der Waals surface area contributed by atoms with Crippen LogP contribution in [0.1, 0.15) is 103 Å². The fourth-order valence-electron chi connectivity index (χ4n) is 3.72. The van der Waals surface area contributed by atoms with Gasteiger partial charge in [-0.25, -0.2) is 4.79 Å². The summed E-state index contributed by atoms with van der Waals surface area (Å²) < 4.78 is 0. The largest absolute Gasteiger partial charge is 0.481 e. The summed E-state index contributed by atoms with van der Waals surface area (Å²) in [6.45, 7) is 1.50. The molecule has 0 spiro atoms. The van der Waals surface area contributed by atoms with Crippen LogP contribution in [0.2, 0.25) is 0 Å².